The number of morpholine rings is 1. The number of nitrogens with zero attached hydrogens (tertiary/aromatic N) is 2. The van der Waals surface area contributed by atoms with E-state index in [4.69, 9.17) is 9.47 Å². The van der Waals surface area contributed by atoms with Gasteiger partial charge in [0.1, 0.15) is 5.60 Å². The molecule has 1 atom stereocenters. The molecular formula is C18H32N2O5. The van der Waals surface area contributed by atoms with Gasteiger partial charge in [0.15, 0.2) is 6.10 Å². The second kappa shape index (κ2) is 6.76. The zero-order valence-electron chi connectivity index (χ0n) is 16.3. The third-order valence-corrected chi connectivity index (χ3v) is 4.81. The number of carboxylic acid groups (broad SMARTS) is 1. The zero-order valence-corrected chi connectivity index (χ0v) is 16.3. The molecule has 0 aliphatic carbocycles. The molecule has 2 fully saturated rings. The molecule has 1 unspecified atom stereocenters. The first kappa shape index (κ1) is 20.0. The summed E-state index contributed by atoms with van der Waals surface area (Å²) in [6.45, 7) is 13.9. The van der Waals surface area contributed by atoms with Gasteiger partial charge in [0, 0.05) is 31.7 Å². The second-order valence-electron chi connectivity index (χ2n) is 9.15. The molecule has 1 N–H and O–H groups in total. The van der Waals surface area contributed by atoms with Crippen LogP contribution in [0.4, 0.5) is 4.79 Å². The first-order chi connectivity index (χ1) is 11.3. The van der Waals surface area contributed by atoms with Gasteiger partial charge in [0.2, 0.25) is 0 Å². The van der Waals surface area contributed by atoms with E-state index in [9.17, 15) is 14.7 Å². The Hall–Kier alpha value is -1.34. The van der Waals surface area contributed by atoms with E-state index in [-0.39, 0.29) is 11.6 Å². The Morgan fingerprint density at radius 2 is 1.68 bits per heavy atom. The van der Waals surface area contributed by atoms with E-state index < -0.39 is 23.3 Å². The van der Waals surface area contributed by atoms with E-state index in [1.54, 1.807) is 4.90 Å². The van der Waals surface area contributed by atoms with Crippen molar-refractivity contribution < 1.29 is 24.2 Å². The van der Waals surface area contributed by atoms with Crippen molar-refractivity contribution in [3.63, 3.8) is 0 Å². The highest BCUT2D eigenvalue weighted by atomic mass is 16.6. The third-order valence-electron chi connectivity index (χ3n) is 4.81. The van der Waals surface area contributed by atoms with Crippen molar-refractivity contribution in [2.45, 2.75) is 77.2 Å². The third kappa shape index (κ3) is 5.07. The minimum Gasteiger partial charge on any atom is -0.479 e. The Labute approximate surface area is 150 Å². The van der Waals surface area contributed by atoms with Gasteiger partial charge in [0.05, 0.1) is 5.60 Å². The van der Waals surface area contributed by atoms with Gasteiger partial charge < -0.3 is 19.5 Å². The standard InChI is InChI=1S/C18H32N2O5/c1-16(2,3)20-11-13(14(21)22)24-18(12-20)7-9-19(10-8-18)15(23)25-17(4,5)6/h13H,7-12H2,1-6H3,(H,21,22). The molecule has 7 heteroatoms. The van der Waals surface area contributed by atoms with Crippen LogP contribution in [0.5, 0.6) is 0 Å². The van der Waals surface area contributed by atoms with Gasteiger partial charge in [-0.1, -0.05) is 0 Å². The van der Waals surface area contributed by atoms with E-state index in [0.717, 1.165) is 0 Å². The molecule has 0 aromatic carbocycles. The van der Waals surface area contributed by atoms with Crippen LogP contribution >= 0.6 is 0 Å². The van der Waals surface area contributed by atoms with Crippen molar-refractivity contribution in [3.8, 4) is 0 Å². The molecule has 0 saturated carbocycles. The Morgan fingerprint density at radius 1 is 1.12 bits per heavy atom. The number of likely N-dealkylation sites (tertiary alicyclic amines) is 1. The van der Waals surface area contributed by atoms with Crippen LogP contribution in [0.2, 0.25) is 0 Å². The lowest BCUT2D eigenvalue weighted by molar-refractivity contribution is -0.203. The molecule has 0 bridgehead atoms. The van der Waals surface area contributed by atoms with Crippen LogP contribution in [0.1, 0.15) is 54.4 Å². The van der Waals surface area contributed by atoms with Crippen molar-refractivity contribution in [2.75, 3.05) is 26.2 Å². The number of piperidine rings is 1. The number of carboxylic acids is 1. The van der Waals surface area contributed by atoms with Crippen LogP contribution in [0.15, 0.2) is 0 Å². The number of carbonyl (C=O) groups excluding carboxylic acids is 1. The first-order valence-corrected chi connectivity index (χ1v) is 8.95. The first-order valence-electron chi connectivity index (χ1n) is 8.95. The summed E-state index contributed by atoms with van der Waals surface area (Å²) in [6.07, 6.45) is 0.0762. The van der Waals surface area contributed by atoms with Gasteiger partial charge in [-0.3, -0.25) is 4.90 Å². The average Bonchev–Trinajstić information content (AvgIpc) is 2.44. The summed E-state index contributed by atoms with van der Waals surface area (Å²) in [6, 6.07) is 0. The Kier molecular flexibility index (Phi) is 5.40. The molecule has 25 heavy (non-hydrogen) atoms. The van der Waals surface area contributed by atoms with Gasteiger partial charge in [-0.2, -0.15) is 0 Å². The van der Waals surface area contributed by atoms with Crippen LogP contribution in [-0.4, -0.2) is 76.0 Å². The number of hydrogen-bond acceptors (Lipinski definition) is 5. The zero-order chi connectivity index (χ0) is 19.0. The van der Waals surface area contributed by atoms with Crippen molar-refractivity contribution >= 4 is 12.1 Å². The fraction of sp³-hybridized carbons (Fsp3) is 0.889. The van der Waals surface area contributed by atoms with Crippen molar-refractivity contribution in [1.29, 1.82) is 0 Å². The largest absolute Gasteiger partial charge is 0.479 e. The fourth-order valence-corrected chi connectivity index (χ4v) is 3.33. The van der Waals surface area contributed by atoms with Crippen LogP contribution in [0.25, 0.3) is 0 Å². The molecule has 0 aromatic rings. The van der Waals surface area contributed by atoms with Crippen LogP contribution in [-0.2, 0) is 14.3 Å². The second-order valence-corrected chi connectivity index (χ2v) is 9.15. The summed E-state index contributed by atoms with van der Waals surface area (Å²) in [4.78, 5) is 27.7. The molecular weight excluding hydrogens is 324 g/mol. The van der Waals surface area contributed by atoms with Crippen molar-refractivity contribution in [1.82, 2.24) is 9.80 Å². The monoisotopic (exact) mass is 356 g/mol. The van der Waals surface area contributed by atoms with E-state index >= 15 is 0 Å². The minimum atomic E-state index is -0.928. The maximum absolute atomic E-state index is 12.2. The number of rotatable bonds is 1. The van der Waals surface area contributed by atoms with Crippen LogP contribution in [0, 0.1) is 0 Å². The number of ether oxygens (including phenoxy) is 2. The molecule has 144 valence electrons. The van der Waals surface area contributed by atoms with Crippen LogP contribution in [0.3, 0.4) is 0 Å². The molecule has 2 rings (SSSR count). The molecule has 2 aliphatic heterocycles. The number of aliphatic carboxylic acids is 1. The normalized spacial score (nSPS) is 25.0. The molecule has 2 heterocycles. The number of carbonyl (C=O) groups is 2. The van der Waals surface area contributed by atoms with Crippen LogP contribution < -0.4 is 0 Å². The Morgan fingerprint density at radius 3 is 2.12 bits per heavy atom. The highest BCUT2D eigenvalue weighted by Crippen LogP contribution is 2.35. The van der Waals surface area contributed by atoms with E-state index in [0.29, 0.717) is 39.0 Å². The predicted molar refractivity (Wildman–Crippen MR) is 93.6 cm³/mol. The molecule has 1 spiro atoms. The average molecular weight is 356 g/mol. The molecule has 7 nitrogen and oxygen atoms in total. The Bertz CT molecular complexity index is 513. The van der Waals surface area contributed by atoms with Gasteiger partial charge in [-0.25, -0.2) is 9.59 Å². The number of amides is 1. The van der Waals surface area contributed by atoms with E-state index in [1.807, 2.05) is 20.8 Å². The van der Waals surface area contributed by atoms with Gasteiger partial charge in [0.25, 0.3) is 0 Å². The molecule has 0 aromatic heterocycles. The summed E-state index contributed by atoms with van der Waals surface area (Å²) in [5.41, 5.74) is -1.18. The summed E-state index contributed by atoms with van der Waals surface area (Å²) in [5.74, 6) is -0.928. The SMILES string of the molecule is CC(C)(C)OC(=O)N1CCC2(CC1)CN(C(C)(C)C)CC(C(=O)O)O2. The summed E-state index contributed by atoms with van der Waals surface area (Å²) in [5, 5.41) is 9.47. The van der Waals surface area contributed by atoms with Gasteiger partial charge in [-0.15, -0.1) is 0 Å². The van der Waals surface area contributed by atoms with Gasteiger partial charge in [-0.05, 0) is 54.4 Å². The topological polar surface area (TPSA) is 79.3 Å². The molecule has 2 aliphatic rings. The maximum atomic E-state index is 12.2. The highest BCUT2D eigenvalue weighted by Gasteiger charge is 2.48. The van der Waals surface area contributed by atoms with Crippen molar-refractivity contribution in [2.24, 2.45) is 0 Å². The van der Waals surface area contributed by atoms with Gasteiger partial charge >= 0.3 is 12.1 Å². The maximum Gasteiger partial charge on any atom is 0.410 e. The highest BCUT2D eigenvalue weighted by molar-refractivity contribution is 5.73. The smallest absolute Gasteiger partial charge is 0.410 e. The van der Waals surface area contributed by atoms with E-state index in [1.165, 1.54) is 0 Å². The molecule has 2 saturated heterocycles. The minimum absolute atomic E-state index is 0.132. The van der Waals surface area contributed by atoms with E-state index in [2.05, 4.69) is 25.7 Å². The summed E-state index contributed by atoms with van der Waals surface area (Å²) < 4.78 is 11.4. The van der Waals surface area contributed by atoms with Crippen molar-refractivity contribution in [3.05, 3.63) is 0 Å². The number of hydrogen-bond donors (Lipinski definition) is 1. The quantitative estimate of drug-likeness (QED) is 0.777. The summed E-state index contributed by atoms with van der Waals surface area (Å²) >= 11 is 0. The lowest BCUT2D eigenvalue weighted by Crippen LogP contribution is -2.64. The Balaban J connectivity index is 2.06. The predicted octanol–water partition coefficient (Wildman–Crippen LogP) is 2.34. The lowest BCUT2D eigenvalue weighted by Gasteiger charge is -2.52. The lowest BCUT2D eigenvalue weighted by atomic mass is 9.86. The molecule has 0 radical (unpaired) electrons. The summed E-state index contributed by atoms with van der Waals surface area (Å²) in [7, 11) is 0. The molecule has 1 amide bonds. The fourth-order valence-electron chi connectivity index (χ4n) is 3.33.